The highest BCUT2D eigenvalue weighted by Crippen LogP contribution is 2.38. The van der Waals surface area contributed by atoms with E-state index in [2.05, 4.69) is 41.4 Å². The Morgan fingerprint density at radius 2 is 1.86 bits per heavy atom. The number of carbonyl (C=O) groups excluding carboxylic acids is 1. The Balaban J connectivity index is 1.53. The fourth-order valence-corrected chi connectivity index (χ4v) is 4.45. The molecule has 1 aliphatic carbocycles. The number of hydrogen-bond acceptors (Lipinski definition) is 4. The van der Waals surface area contributed by atoms with E-state index in [1.165, 1.54) is 0 Å². The molecule has 29 heavy (non-hydrogen) atoms. The largest absolute Gasteiger partial charge is 0.493 e. The van der Waals surface area contributed by atoms with Crippen LogP contribution in [0.1, 0.15) is 54.7 Å². The molecule has 0 radical (unpaired) electrons. The van der Waals surface area contributed by atoms with Crippen molar-refractivity contribution in [3.8, 4) is 5.75 Å². The number of ether oxygens (including phenoxy) is 1. The van der Waals surface area contributed by atoms with E-state index >= 15 is 0 Å². The molecule has 1 heterocycles. The highest BCUT2D eigenvalue weighted by Gasteiger charge is 2.30. The number of amides is 1. The van der Waals surface area contributed by atoms with Crippen LogP contribution in [0.15, 0.2) is 48.7 Å². The molecule has 0 aliphatic heterocycles. The van der Waals surface area contributed by atoms with Gasteiger partial charge in [0.05, 0.1) is 23.9 Å². The second kappa shape index (κ2) is 10.4. The summed E-state index contributed by atoms with van der Waals surface area (Å²) >= 11 is 0. The lowest BCUT2D eigenvalue weighted by atomic mass is 9.77. The van der Waals surface area contributed by atoms with E-state index < -0.39 is 0 Å². The average Bonchev–Trinajstić information content (AvgIpc) is 2.74. The molecule has 2 aromatic rings. The van der Waals surface area contributed by atoms with Crippen molar-refractivity contribution < 1.29 is 9.53 Å². The molecule has 1 aromatic heterocycles. The van der Waals surface area contributed by atoms with Gasteiger partial charge in [0.15, 0.2) is 0 Å². The van der Waals surface area contributed by atoms with Gasteiger partial charge in [-0.05, 0) is 82.8 Å². The molecule has 5 heteroatoms. The Morgan fingerprint density at radius 1 is 1.14 bits per heavy atom. The maximum absolute atomic E-state index is 12.6. The van der Waals surface area contributed by atoms with Crippen LogP contribution in [0.25, 0.3) is 0 Å². The molecule has 1 aromatic carbocycles. The van der Waals surface area contributed by atoms with Gasteiger partial charge in [0.2, 0.25) is 0 Å². The van der Waals surface area contributed by atoms with Crippen LogP contribution >= 0.6 is 0 Å². The summed E-state index contributed by atoms with van der Waals surface area (Å²) in [7, 11) is 4.28. The third kappa shape index (κ3) is 5.57. The molecule has 3 rings (SSSR count). The van der Waals surface area contributed by atoms with Crippen LogP contribution < -0.4 is 10.1 Å². The standard InChI is InChI=1S/C24H33N3O2/c1-4-29-22-11-6-5-9-20(22)24(28)26-17-18-12-14-19(15-13-18)23(27(2)3)21-10-7-8-16-25-21/h5-11,16,18-19,23H,4,12-15,17H2,1-3H3,(H,26,28). The van der Waals surface area contributed by atoms with Gasteiger partial charge < -0.3 is 15.0 Å². The van der Waals surface area contributed by atoms with Crippen molar-refractivity contribution in [3.05, 3.63) is 59.9 Å². The summed E-state index contributed by atoms with van der Waals surface area (Å²) in [5.74, 6) is 1.74. The van der Waals surface area contributed by atoms with E-state index in [4.69, 9.17) is 4.74 Å². The van der Waals surface area contributed by atoms with Crippen LogP contribution in [0.5, 0.6) is 5.75 Å². The Kier molecular flexibility index (Phi) is 7.64. The number of para-hydroxylation sites is 1. The lowest BCUT2D eigenvalue weighted by molar-refractivity contribution is 0.0930. The number of carbonyl (C=O) groups is 1. The van der Waals surface area contributed by atoms with Crippen LogP contribution in [-0.2, 0) is 0 Å². The van der Waals surface area contributed by atoms with Crippen molar-refractivity contribution in [2.75, 3.05) is 27.2 Å². The number of pyridine rings is 1. The van der Waals surface area contributed by atoms with E-state index in [9.17, 15) is 4.79 Å². The normalized spacial score (nSPS) is 20.3. The summed E-state index contributed by atoms with van der Waals surface area (Å²) in [6, 6.07) is 14.0. The van der Waals surface area contributed by atoms with Gasteiger partial charge in [0.25, 0.3) is 5.91 Å². The maximum atomic E-state index is 12.6. The summed E-state index contributed by atoms with van der Waals surface area (Å²) in [5.41, 5.74) is 1.77. The van der Waals surface area contributed by atoms with Gasteiger partial charge in [-0.25, -0.2) is 0 Å². The predicted octanol–water partition coefficient (Wildman–Crippen LogP) is 4.32. The first kappa shape index (κ1) is 21.3. The van der Waals surface area contributed by atoms with Crippen molar-refractivity contribution in [1.29, 1.82) is 0 Å². The van der Waals surface area contributed by atoms with Crippen molar-refractivity contribution in [3.63, 3.8) is 0 Å². The molecule has 0 spiro atoms. The molecule has 1 atom stereocenters. The topological polar surface area (TPSA) is 54.5 Å². The zero-order valence-electron chi connectivity index (χ0n) is 17.8. The Hall–Kier alpha value is -2.40. The van der Waals surface area contributed by atoms with E-state index in [0.717, 1.165) is 37.9 Å². The van der Waals surface area contributed by atoms with Crippen molar-refractivity contribution in [2.24, 2.45) is 11.8 Å². The molecule has 1 fully saturated rings. The molecule has 0 bridgehead atoms. The van der Waals surface area contributed by atoms with E-state index in [-0.39, 0.29) is 5.91 Å². The highest BCUT2D eigenvalue weighted by molar-refractivity contribution is 5.96. The minimum atomic E-state index is -0.0455. The molecule has 156 valence electrons. The third-order valence-electron chi connectivity index (χ3n) is 5.87. The summed E-state index contributed by atoms with van der Waals surface area (Å²) in [5, 5.41) is 3.12. The smallest absolute Gasteiger partial charge is 0.255 e. The summed E-state index contributed by atoms with van der Waals surface area (Å²) in [6.07, 6.45) is 6.47. The van der Waals surface area contributed by atoms with Crippen LogP contribution in [-0.4, -0.2) is 43.0 Å². The highest BCUT2D eigenvalue weighted by atomic mass is 16.5. The van der Waals surface area contributed by atoms with Gasteiger partial charge in [-0.3, -0.25) is 9.78 Å². The van der Waals surface area contributed by atoms with Crippen LogP contribution in [0.3, 0.4) is 0 Å². The number of benzene rings is 1. The van der Waals surface area contributed by atoms with Gasteiger partial charge in [-0.15, -0.1) is 0 Å². The second-order valence-electron chi connectivity index (χ2n) is 8.08. The monoisotopic (exact) mass is 395 g/mol. The molecule has 5 nitrogen and oxygen atoms in total. The molecule has 1 aliphatic rings. The molecule has 1 N–H and O–H groups in total. The van der Waals surface area contributed by atoms with Crippen LogP contribution in [0.4, 0.5) is 0 Å². The Bertz CT molecular complexity index is 771. The SMILES string of the molecule is CCOc1ccccc1C(=O)NCC1CCC(C(c2ccccn2)N(C)C)CC1. The molecular weight excluding hydrogens is 362 g/mol. The van der Waals surface area contributed by atoms with Gasteiger partial charge in [0, 0.05) is 12.7 Å². The first-order valence-electron chi connectivity index (χ1n) is 10.7. The quantitative estimate of drug-likeness (QED) is 0.723. The first-order chi connectivity index (χ1) is 14.1. The van der Waals surface area contributed by atoms with Crippen molar-refractivity contribution in [1.82, 2.24) is 15.2 Å². The number of nitrogens with one attached hydrogen (secondary N) is 1. The Morgan fingerprint density at radius 3 is 2.52 bits per heavy atom. The fourth-order valence-electron chi connectivity index (χ4n) is 4.45. The first-order valence-corrected chi connectivity index (χ1v) is 10.7. The fraction of sp³-hybridized carbons (Fsp3) is 0.500. The van der Waals surface area contributed by atoms with Crippen molar-refractivity contribution >= 4 is 5.91 Å². The van der Waals surface area contributed by atoms with Gasteiger partial charge in [-0.2, -0.15) is 0 Å². The zero-order chi connectivity index (χ0) is 20.6. The minimum absolute atomic E-state index is 0.0455. The second-order valence-corrected chi connectivity index (χ2v) is 8.08. The number of aromatic nitrogens is 1. The molecule has 1 unspecified atom stereocenters. The molecular formula is C24H33N3O2. The van der Waals surface area contributed by atoms with Crippen molar-refractivity contribution in [2.45, 2.75) is 38.6 Å². The minimum Gasteiger partial charge on any atom is -0.493 e. The number of hydrogen-bond donors (Lipinski definition) is 1. The Labute approximate surface area is 174 Å². The van der Waals surface area contributed by atoms with Crippen LogP contribution in [0.2, 0.25) is 0 Å². The lowest BCUT2D eigenvalue weighted by Gasteiger charge is -2.37. The van der Waals surface area contributed by atoms with Crippen LogP contribution in [0, 0.1) is 11.8 Å². The van der Waals surface area contributed by atoms with E-state index in [0.29, 0.717) is 35.8 Å². The van der Waals surface area contributed by atoms with Gasteiger partial charge in [0.1, 0.15) is 5.75 Å². The number of nitrogens with zero attached hydrogens (tertiary/aromatic N) is 2. The van der Waals surface area contributed by atoms with Gasteiger partial charge in [-0.1, -0.05) is 18.2 Å². The van der Waals surface area contributed by atoms with E-state index in [1.807, 2.05) is 43.5 Å². The molecule has 0 saturated heterocycles. The molecule has 1 amide bonds. The predicted molar refractivity (Wildman–Crippen MR) is 116 cm³/mol. The number of rotatable bonds is 8. The summed E-state index contributed by atoms with van der Waals surface area (Å²) in [6.45, 7) is 3.21. The summed E-state index contributed by atoms with van der Waals surface area (Å²) in [4.78, 5) is 19.5. The maximum Gasteiger partial charge on any atom is 0.255 e. The molecule has 1 saturated carbocycles. The third-order valence-corrected chi connectivity index (χ3v) is 5.87. The lowest BCUT2D eigenvalue weighted by Crippen LogP contribution is -2.35. The zero-order valence-corrected chi connectivity index (χ0v) is 17.8. The summed E-state index contributed by atoms with van der Waals surface area (Å²) < 4.78 is 5.58. The van der Waals surface area contributed by atoms with Gasteiger partial charge >= 0.3 is 0 Å². The van der Waals surface area contributed by atoms with E-state index in [1.54, 1.807) is 0 Å². The average molecular weight is 396 g/mol.